The normalized spacial score (nSPS) is 11.6. The lowest BCUT2D eigenvalue weighted by Crippen LogP contribution is -2.30. The third-order valence-corrected chi connectivity index (χ3v) is 4.55. The van der Waals surface area contributed by atoms with Gasteiger partial charge in [0, 0.05) is 37.9 Å². The van der Waals surface area contributed by atoms with Crippen molar-refractivity contribution in [2.75, 3.05) is 0 Å². The van der Waals surface area contributed by atoms with Crippen LogP contribution in [-0.2, 0) is 20.1 Å². The third kappa shape index (κ3) is 4.11. The van der Waals surface area contributed by atoms with E-state index < -0.39 is 0 Å². The Morgan fingerprint density at radius 3 is 2.64 bits per heavy atom. The van der Waals surface area contributed by atoms with Gasteiger partial charge in [0.05, 0.1) is 22.5 Å². The van der Waals surface area contributed by atoms with Gasteiger partial charge in [-0.2, -0.15) is 5.10 Å². The molecule has 0 aliphatic carbocycles. The molecule has 0 radical (unpaired) electrons. The Kier molecular flexibility index (Phi) is 5.25. The van der Waals surface area contributed by atoms with Crippen molar-refractivity contribution < 1.29 is 4.42 Å². The average molecular weight is 359 g/mol. The summed E-state index contributed by atoms with van der Waals surface area (Å²) in [6.07, 6.45) is 3.94. The standard InChI is InChI=1S/C19H23ClN4O/c1-13(2)24(11-15-9-21-23(4)10-15)12-18-14(3)25-19(22-18)16-7-5-6-8-17(16)20/h5-10,13H,11-12H2,1-4H3. The lowest BCUT2D eigenvalue weighted by atomic mass is 10.2. The number of aromatic nitrogens is 3. The molecule has 25 heavy (non-hydrogen) atoms. The first-order valence-electron chi connectivity index (χ1n) is 8.37. The zero-order chi connectivity index (χ0) is 18.0. The van der Waals surface area contributed by atoms with Gasteiger partial charge in [-0.3, -0.25) is 9.58 Å². The minimum absolute atomic E-state index is 0.375. The van der Waals surface area contributed by atoms with Crippen LogP contribution in [0.25, 0.3) is 11.5 Å². The first-order chi connectivity index (χ1) is 11.9. The number of rotatable bonds is 6. The third-order valence-electron chi connectivity index (χ3n) is 4.22. The topological polar surface area (TPSA) is 47.1 Å². The van der Waals surface area contributed by atoms with E-state index in [9.17, 15) is 0 Å². The van der Waals surface area contributed by atoms with Gasteiger partial charge in [0.1, 0.15) is 5.76 Å². The first-order valence-corrected chi connectivity index (χ1v) is 8.74. The van der Waals surface area contributed by atoms with E-state index in [0.717, 1.165) is 23.6 Å². The summed E-state index contributed by atoms with van der Waals surface area (Å²) >= 11 is 6.27. The van der Waals surface area contributed by atoms with Gasteiger partial charge in [-0.1, -0.05) is 23.7 Å². The minimum atomic E-state index is 0.375. The van der Waals surface area contributed by atoms with Crippen LogP contribution < -0.4 is 0 Å². The Balaban J connectivity index is 1.82. The highest BCUT2D eigenvalue weighted by Crippen LogP contribution is 2.29. The molecule has 132 valence electrons. The number of benzene rings is 1. The highest BCUT2D eigenvalue weighted by molar-refractivity contribution is 6.33. The largest absolute Gasteiger partial charge is 0.441 e. The van der Waals surface area contributed by atoms with Gasteiger partial charge in [0.25, 0.3) is 0 Å². The SMILES string of the molecule is Cc1oc(-c2ccccc2Cl)nc1CN(Cc1cnn(C)c1)C(C)C. The van der Waals surface area contributed by atoms with Crippen molar-refractivity contribution in [3.8, 4) is 11.5 Å². The molecule has 0 saturated heterocycles. The Bertz CT molecular complexity index is 853. The number of nitrogens with zero attached hydrogens (tertiary/aromatic N) is 4. The van der Waals surface area contributed by atoms with Gasteiger partial charge in [-0.25, -0.2) is 4.98 Å². The van der Waals surface area contributed by atoms with Crippen molar-refractivity contribution in [1.82, 2.24) is 19.7 Å². The summed E-state index contributed by atoms with van der Waals surface area (Å²) < 4.78 is 7.70. The Morgan fingerprint density at radius 1 is 1.24 bits per heavy atom. The fraction of sp³-hybridized carbons (Fsp3) is 0.368. The number of aryl methyl sites for hydroxylation is 2. The number of oxazole rings is 1. The highest BCUT2D eigenvalue weighted by Gasteiger charge is 2.18. The molecule has 0 aliphatic rings. The molecular formula is C19H23ClN4O. The number of hydrogen-bond acceptors (Lipinski definition) is 4. The van der Waals surface area contributed by atoms with E-state index in [-0.39, 0.29) is 0 Å². The second-order valence-electron chi connectivity index (χ2n) is 6.52. The summed E-state index contributed by atoms with van der Waals surface area (Å²) in [4.78, 5) is 7.04. The van der Waals surface area contributed by atoms with Gasteiger partial charge in [-0.15, -0.1) is 0 Å². The summed E-state index contributed by atoms with van der Waals surface area (Å²) in [6.45, 7) is 7.85. The van der Waals surface area contributed by atoms with E-state index in [1.807, 2.05) is 55.3 Å². The van der Waals surface area contributed by atoms with Crippen LogP contribution in [0.3, 0.4) is 0 Å². The molecule has 6 heteroatoms. The fourth-order valence-corrected chi connectivity index (χ4v) is 2.94. The highest BCUT2D eigenvalue weighted by atomic mass is 35.5. The van der Waals surface area contributed by atoms with Crippen LogP contribution in [0.1, 0.15) is 30.9 Å². The van der Waals surface area contributed by atoms with E-state index in [0.29, 0.717) is 23.5 Å². The van der Waals surface area contributed by atoms with Gasteiger partial charge in [0.15, 0.2) is 0 Å². The van der Waals surface area contributed by atoms with Crippen LogP contribution in [0.15, 0.2) is 41.1 Å². The molecule has 0 fully saturated rings. The summed E-state index contributed by atoms with van der Waals surface area (Å²) in [5.41, 5.74) is 2.94. The van der Waals surface area contributed by atoms with E-state index in [4.69, 9.17) is 21.0 Å². The molecule has 0 aliphatic heterocycles. The van der Waals surface area contributed by atoms with Gasteiger partial charge in [-0.05, 0) is 32.9 Å². The lowest BCUT2D eigenvalue weighted by Gasteiger charge is -2.25. The van der Waals surface area contributed by atoms with Crippen LogP contribution >= 0.6 is 11.6 Å². The van der Waals surface area contributed by atoms with E-state index in [1.54, 1.807) is 0 Å². The molecule has 0 amide bonds. The van der Waals surface area contributed by atoms with Crippen LogP contribution in [0.5, 0.6) is 0 Å². The van der Waals surface area contributed by atoms with Gasteiger partial charge in [0.2, 0.25) is 5.89 Å². The minimum Gasteiger partial charge on any atom is -0.441 e. The van der Waals surface area contributed by atoms with E-state index in [1.165, 1.54) is 5.56 Å². The fourth-order valence-electron chi connectivity index (χ4n) is 2.73. The predicted octanol–water partition coefficient (Wildman–Crippen LogP) is 4.45. The maximum Gasteiger partial charge on any atom is 0.228 e. The maximum absolute atomic E-state index is 6.27. The van der Waals surface area contributed by atoms with Crippen molar-refractivity contribution in [3.05, 3.63) is 58.7 Å². The molecule has 2 heterocycles. The van der Waals surface area contributed by atoms with Crippen molar-refractivity contribution in [2.24, 2.45) is 7.05 Å². The van der Waals surface area contributed by atoms with Crippen LogP contribution in [-0.4, -0.2) is 25.7 Å². The van der Waals surface area contributed by atoms with E-state index in [2.05, 4.69) is 23.8 Å². The Morgan fingerprint density at radius 2 is 2.00 bits per heavy atom. The summed E-state index contributed by atoms with van der Waals surface area (Å²) in [5.74, 6) is 1.40. The summed E-state index contributed by atoms with van der Waals surface area (Å²) in [7, 11) is 1.93. The van der Waals surface area contributed by atoms with Crippen molar-refractivity contribution in [3.63, 3.8) is 0 Å². The zero-order valence-electron chi connectivity index (χ0n) is 15.0. The second-order valence-corrected chi connectivity index (χ2v) is 6.93. The Labute approximate surface area is 153 Å². The molecule has 0 N–H and O–H groups in total. The van der Waals surface area contributed by atoms with Crippen LogP contribution in [0, 0.1) is 6.92 Å². The average Bonchev–Trinajstić information content (AvgIpc) is 3.13. The van der Waals surface area contributed by atoms with Crippen LogP contribution in [0.4, 0.5) is 0 Å². The predicted molar refractivity (Wildman–Crippen MR) is 99.3 cm³/mol. The van der Waals surface area contributed by atoms with Crippen molar-refractivity contribution in [1.29, 1.82) is 0 Å². The number of halogens is 1. The Hall–Kier alpha value is -2.11. The smallest absolute Gasteiger partial charge is 0.228 e. The van der Waals surface area contributed by atoms with Crippen molar-refractivity contribution >= 4 is 11.6 Å². The van der Waals surface area contributed by atoms with Crippen LogP contribution in [0.2, 0.25) is 5.02 Å². The summed E-state index contributed by atoms with van der Waals surface area (Å²) in [5, 5.41) is 4.89. The zero-order valence-corrected chi connectivity index (χ0v) is 15.8. The molecule has 2 aromatic heterocycles. The van der Waals surface area contributed by atoms with E-state index >= 15 is 0 Å². The molecule has 1 aromatic carbocycles. The number of hydrogen-bond donors (Lipinski definition) is 0. The lowest BCUT2D eigenvalue weighted by molar-refractivity contribution is 0.200. The maximum atomic E-state index is 6.27. The molecular weight excluding hydrogens is 336 g/mol. The molecule has 0 saturated carbocycles. The van der Waals surface area contributed by atoms with Gasteiger partial charge >= 0.3 is 0 Å². The molecule has 0 atom stereocenters. The quantitative estimate of drug-likeness (QED) is 0.653. The molecule has 3 rings (SSSR count). The molecule has 3 aromatic rings. The molecule has 5 nitrogen and oxygen atoms in total. The first kappa shape index (κ1) is 17.7. The summed E-state index contributed by atoms with van der Waals surface area (Å²) in [6, 6.07) is 7.98. The van der Waals surface area contributed by atoms with Crippen molar-refractivity contribution in [2.45, 2.75) is 39.9 Å². The van der Waals surface area contributed by atoms with Gasteiger partial charge < -0.3 is 4.42 Å². The molecule has 0 bridgehead atoms. The molecule has 0 spiro atoms. The second kappa shape index (κ2) is 7.42. The monoisotopic (exact) mass is 358 g/mol. The molecule has 0 unspecified atom stereocenters.